The first-order valence-electron chi connectivity index (χ1n) is 10.2. The summed E-state index contributed by atoms with van der Waals surface area (Å²) in [6.07, 6.45) is 0. The van der Waals surface area contributed by atoms with Crippen molar-refractivity contribution in [2.75, 3.05) is 18.5 Å². The molecule has 4 aromatic rings. The molecule has 168 valence electrons. The van der Waals surface area contributed by atoms with Crippen LogP contribution in [-0.2, 0) is 9.84 Å². The summed E-state index contributed by atoms with van der Waals surface area (Å²) in [6.45, 7) is 2.57. The third kappa shape index (κ3) is 3.91. The van der Waals surface area contributed by atoms with Crippen molar-refractivity contribution in [3.63, 3.8) is 0 Å². The zero-order valence-electron chi connectivity index (χ0n) is 17.5. The summed E-state index contributed by atoms with van der Waals surface area (Å²) in [5.74, 6) is -0.0542. The molecule has 0 amide bonds. The molecular formula is C24H19FN2O5S. The smallest absolute Gasteiger partial charge is 0.238 e. The van der Waals surface area contributed by atoms with Crippen molar-refractivity contribution in [3.8, 4) is 23.0 Å². The van der Waals surface area contributed by atoms with Gasteiger partial charge in [0.1, 0.15) is 19.0 Å². The van der Waals surface area contributed by atoms with Crippen molar-refractivity contribution in [1.29, 1.82) is 0 Å². The Hall–Kier alpha value is -3.85. The fourth-order valence-electron chi connectivity index (χ4n) is 3.46. The molecule has 0 saturated heterocycles. The van der Waals surface area contributed by atoms with Crippen LogP contribution in [0.5, 0.6) is 11.5 Å². The number of sulfone groups is 1. The number of benzene rings is 3. The Morgan fingerprint density at radius 2 is 1.67 bits per heavy atom. The molecular weight excluding hydrogens is 447 g/mol. The maximum Gasteiger partial charge on any atom is 0.238 e. The molecule has 2 heterocycles. The fourth-order valence-corrected chi connectivity index (χ4v) is 4.73. The van der Waals surface area contributed by atoms with Gasteiger partial charge in [0.25, 0.3) is 0 Å². The summed E-state index contributed by atoms with van der Waals surface area (Å²) < 4.78 is 58.4. The minimum atomic E-state index is -4.16. The third-order valence-corrected chi connectivity index (χ3v) is 6.83. The third-order valence-electron chi connectivity index (χ3n) is 5.17. The number of hydrogen-bond acceptors (Lipinski definition) is 7. The highest BCUT2D eigenvalue weighted by atomic mass is 32.2. The van der Waals surface area contributed by atoms with Gasteiger partial charge in [-0.3, -0.25) is 0 Å². The van der Waals surface area contributed by atoms with Crippen molar-refractivity contribution >= 4 is 21.4 Å². The van der Waals surface area contributed by atoms with E-state index in [9.17, 15) is 12.8 Å². The number of anilines is 2. The van der Waals surface area contributed by atoms with E-state index in [2.05, 4.69) is 10.3 Å². The summed E-state index contributed by atoms with van der Waals surface area (Å²) in [5.41, 5.74) is 1.55. The van der Waals surface area contributed by atoms with Gasteiger partial charge in [0, 0.05) is 11.8 Å². The van der Waals surface area contributed by atoms with Crippen LogP contribution in [0.4, 0.5) is 16.0 Å². The molecule has 3 aromatic carbocycles. The fraction of sp³-hybridized carbons (Fsp3) is 0.125. The normalized spacial score (nSPS) is 13.0. The quantitative estimate of drug-likeness (QED) is 0.436. The molecule has 9 heteroatoms. The monoisotopic (exact) mass is 466 g/mol. The first-order chi connectivity index (χ1) is 15.9. The number of para-hydroxylation sites is 1. The summed E-state index contributed by atoms with van der Waals surface area (Å²) in [6, 6.07) is 17.5. The van der Waals surface area contributed by atoms with E-state index in [1.807, 2.05) is 19.1 Å². The zero-order valence-corrected chi connectivity index (χ0v) is 18.4. The van der Waals surface area contributed by atoms with Crippen LogP contribution in [0, 0.1) is 12.7 Å². The molecule has 33 heavy (non-hydrogen) atoms. The maximum absolute atomic E-state index is 14.4. The van der Waals surface area contributed by atoms with E-state index in [4.69, 9.17) is 13.9 Å². The highest BCUT2D eigenvalue weighted by molar-refractivity contribution is 7.91. The predicted molar refractivity (Wildman–Crippen MR) is 119 cm³/mol. The Bertz CT molecular complexity index is 1450. The lowest BCUT2D eigenvalue weighted by atomic mass is 10.2. The van der Waals surface area contributed by atoms with Gasteiger partial charge in [0.15, 0.2) is 11.5 Å². The Labute approximate surface area is 189 Å². The topological polar surface area (TPSA) is 90.7 Å². The Morgan fingerprint density at radius 3 is 2.45 bits per heavy atom. The molecule has 0 atom stereocenters. The van der Waals surface area contributed by atoms with Gasteiger partial charge in [0.2, 0.25) is 26.6 Å². The summed E-state index contributed by atoms with van der Waals surface area (Å²) in [5, 5.41) is 2.64. The molecule has 0 fully saturated rings. The molecule has 1 aliphatic rings. The van der Waals surface area contributed by atoms with Crippen LogP contribution in [-0.4, -0.2) is 26.6 Å². The van der Waals surface area contributed by atoms with Crippen molar-refractivity contribution in [2.45, 2.75) is 16.8 Å². The number of aromatic nitrogens is 1. The SMILES string of the molecule is Cc1ccccc1Nc1oc(-c2ccccc2F)nc1S(=O)(=O)c1ccc2c(c1)OCCO2. The lowest BCUT2D eigenvalue weighted by Gasteiger charge is -2.18. The molecule has 1 aliphatic heterocycles. The molecule has 1 N–H and O–H groups in total. The molecule has 0 unspecified atom stereocenters. The second kappa shape index (κ2) is 8.25. The minimum absolute atomic E-state index is 0.0482. The molecule has 5 rings (SSSR count). The zero-order chi connectivity index (χ0) is 23.0. The molecule has 0 aliphatic carbocycles. The van der Waals surface area contributed by atoms with Gasteiger partial charge in [-0.1, -0.05) is 30.3 Å². The van der Waals surface area contributed by atoms with Crippen LogP contribution in [0.1, 0.15) is 5.56 Å². The van der Waals surface area contributed by atoms with E-state index >= 15 is 0 Å². The van der Waals surface area contributed by atoms with Crippen LogP contribution in [0.2, 0.25) is 0 Å². The number of aryl methyl sites for hydroxylation is 1. The maximum atomic E-state index is 14.4. The Balaban J connectivity index is 1.65. The van der Waals surface area contributed by atoms with Crippen LogP contribution < -0.4 is 14.8 Å². The average molecular weight is 466 g/mol. The van der Waals surface area contributed by atoms with Crippen molar-refractivity contribution in [1.82, 2.24) is 4.98 Å². The van der Waals surface area contributed by atoms with Crippen molar-refractivity contribution in [3.05, 3.63) is 78.1 Å². The lowest BCUT2D eigenvalue weighted by Crippen LogP contribution is -2.16. The van der Waals surface area contributed by atoms with E-state index in [0.717, 1.165) is 5.56 Å². The first kappa shape index (κ1) is 21.0. The van der Waals surface area contributed by atoms with Crippen LogP contribution >= 0.6 is 0 Å². The highest BCUT2D eigenvalue weighted by Gasteiger charge is 2.31. The van der Waals surface area contributed by atoms with Gasteiger partial charge in [-0.15, -0.1) is 0 Å². The van der Waals surface area contributed by atoms with E-state index in [0.29, 0.717) is 30.4 Å². The number of ether oxygens (including phenoxy) is 2. The number of rotatable bonds is 5. The first-order valence-corrected chi connectivity index (χ1v) is 11.6. The Kier molecular flexibility index (Phi) is 5.26. The Morgan fingerprint density at radius 1 is 0.939 bits per heavy atom. The molecule has 0 bridgehead atoms. The van der Waals surface area contributed by atoms with E-state index in [-0.39, 0.29) is 27.3 Å². The molecule has 0 spiro atoms. The summed E-state index contributed by atoms with van der Waals surface area (Å²) >= 11 is 0. The van der Waals surface area contributed by atoms with Gasteiger partial charge < -0.3 is 19.2 Å². The second-order valence-corrected chi connectivity index (χ2v) is 9.25. The van der Waals surface area contributed by atoms with E-state index in [1.165, 1.54) is 36.4 Å². The van der Waals surface area contributed by atoms with Crippen LogP contribution in [0.3, 0.4) is 0 Å². The number of halogens is 1. The summed E-state index contributed by atoms with van der Waals surface area (Å²) in [7, 11) is -4.16. The lowest BCUT2D eigenvalue weighted by molar-refractivity contribution is 0.171. The molecule has 0 radical (unpaired) electrons. The van der Waals surface area contributed by atoms with Gasteiger partial charge >= 0.3 is 0 Å². The van der Waals surface area contributed by atoms with Gasteiger partial charge in [-0.2, -0.15) is 4.98 Å². The van der Waals surface area contributed by atoms with E-state index in [1.54, 1.807) is 18.2 Å². The van der Waals surface area contributed by atoms with Gasteiger partial charge in [-0.25, -0.2) is 12.8 Å². The molecule has 7 nitrogen and oxygen atoms in total. The van der Waals surface area contributed by atoms with Crippen molar-refractivity contribution < 1.29 is 26.7 Å². The van der Waals surface area contributed by atoms with Crippen LogP contribution in [0.15, 0.2) is 81.1 Å². The largest absolute Gasteiger partial charge is 0.486 e. The minimum Gasteiger partial charge on any atom is -0.486 e. The van der Waals surface area contributed by atoms with Gasteiger partial charge in [0.05, 0.1) is 10.5 Å². The summed E-state index contributed by atoms with van der Waals surface area (Å²) in [4.78, 5) is 4.15. The average Bonchev–Trinajstić information content (AvgIpc) is 3.25. The van der Waals surface area contributed by atoms with E-state index < -0.39 is 15.7 Å². The van der Waals surface area contributed by atoms with Crippen LogP contribution in [0.25, 0.3) is 11.5 Å². The van der Waals surface area contributed by atoms with Crippen molar-refractivity contribution in [2.24, 2.45) is 0 Å². The second-order valence-electron chi connectivity index (χ2n) is 7.38. The highest BCUT2D eigenvalue weighted by Crippen LogP contribution is 2.38. The standard InChI is InChI=1S/C24H19FN2O5S/c1-15-6-2-5-9-19(15)26-23-24(27-22(32-23)17-7-3-4-8-18(17)25)33(28,29)16-10-11-20-21(14-16)31-13-12-30-20/h2-11,14,26H,12-13H2,1H3. The molecule has 1 aromatic heterocycles. The molecule has 0 saturated carbocycles. The van der Waals surface area contributed by atoms with Gasteiger partial charge in [-0.05, 0) is 42.8 Å². The predicted octanol–water partition coefficient (Wildman–Crippen LogP) is 5.14. The number of nitrogens with zero attached hydrogens (tertiary/aromatic N) is 1. The number of oxazole rings is 1. The number of fused-ring (bicyclic) bond motifs is 1. The number of hydrogen-bond donors (Lipinski definition) is 1. The number of nitrogens with one attached hydrogen (secondary N) is 1.